The fourth-order valence-corrected chi connectivity index (χ4v) is 1.47. The summed E-state index contributed by atoms with van der Waals surface area (Å²) in [5.41, 5.74) is 0.924. The van der Waals surface area contributed by atoms with Gasteiger partial charge >= 0.3 is 5.97 Å². The van der Waals surface area contributed by atoms with E-state index < -0.39 is 5.97 Å². The summed E-state index contributed by atoms with van der Waals surface area (Å²) < 4.78 is 5.34. The van der Waals surface area contributed by atoms with Crippen molar-refractivity contribution in [3.8, 4) is 5.75 Å². The summed E-state index contributed by atoms with van der Waals surface area (Å²) >= 11 is 0. The lowest BCUT2D eigenvalue weighted by molar-refractivity contribution is 0.0696. The van der Waals surface area contributed by atoms with E-state index >= 15 is 0 Å². The molecule has 2 rings (SSSR count). The van der Waals surface area contributed by atoms with E-state index in [0.717, 1.165) is 16.7 Å². The molecular weight excluding hydrogens is 206 g/mol. The number of carbonyl (C=O) groups is 1. The minimum Gasteiger partial charge on any atom is -0.494 e. The van der Waals surface area contributed by atoms with Crippen LogP contribution in [-0.4, -0.2) is 22.7 Å². The van der Waals surface area contributed by atoms with Crippen LogP contribution in [0.4, 0.5) is 0 Å². The molecule has 1 aromatic carbocycles. The molecule has 0 atom stereocenters. The lowest BCUT2D eigenvalue weighted by atomic mass is 10.1. The number of benzene rings is 1. The van der Waals surface area contributed by atoms with E-state index in [1.165, 1.54) is 6.20 Å². The van der Waals surface area contributed by atoms with E-state index in [1.54, 1.807) is 24.3 Å². The van der Waals surface area contributed by atoms with Crippen LogP contribution in [0.5, 0.6) is 5.75 Å². The Morgan fingerprint density at radius 2 is 2.25 bits per heavy atom. The van der Waals surface area contributed by atoms with Gasteiger partial charge in [0, 0.05) is 17.6 Å². The summed E-state index contributed by atoms with van der Waals surface area (Å²) in [6.07, 6.45) is 1.35. The molecule has 0 amide bonds. The number of hydrogen-bond donors (Lipinski definition) is 1. The van der Waals surface area contributed by atoms with Crippen molar-refractivity contribution in [2.24, 2.45) is 0 Å². The minimum absolute atomic E-state index is 0.191. The molecular formula is C12H11NO3. The second-order valence-corrected chi connectivity index (χ2v) is 3.32. The average molecular weight is 217 g/mol. The van der Waals surface area contributed by atoms with Crippen LogP contribution >= 0.6 is 0 Å². The monoisotopic (exact) mass is 217 g/mol. The Bertz CT molecular complexity index is 537. The number of nitrogens with zero attached hydrogens (tertiary/aromatic N) is 1. The van der Waals surface area contributed by atoms with E-state index in [1.807, 2.05) is 6.92 Å². The maximum absolute atomic E-state index is 10.7. The van der Waals surface area contributed by atoms with Crippen LogP contribution < -0.4 is 4.74 Å². The summed E-state index contributed by atoms with van der Waals surface area (Å²) in [5.74, 6) is -0.228. The van der Waals surface area contributed by atoms with Crippen molar-refractivity contribution in [3.63, 3.8) is 0 Å². The van der Waals surface area contributed by atoms with Gasteiger partial charge in [-0.05, 0) is 25.1 Å². The Labute approximate surface area is 92.5 Å². The Balaban J connectivity index is 2.48. The molecule has 1 heterocycles. The first-order chi connectivity index (χ1) is 7.70. The number of carboxylic acid groups (broad SMARTS) is 1. The Hall–Kier alpha value is -2.10. The second kappa shape index (κ2) is 4.18. The zero-order valence-corrected chi connectivity index (χ0v) is 8.80. The van der Waals surface area contributed by atoms with Crippen molar-refractivity contribution in [3.05, 3.63) is 36.0 Å². The standard InChI is InChI=1S/C12H11NO3/c1-2-16-10-4-3-8-5-9(12(14)15)7-13-11(8)6-10/h3-7H,2H2,1H3,(H,14,15). The van der Waals surface area contributed by atoms with Gasteiger partial charge in [0.2, 0.25) is 0 Å². The van der Waals surface area contributed by atoms with Gasteiger partial charge < -0.3 is 9.84 Å². The topological polar surface area (TPSA) is 59.4 Å². The van der Waals surface area contributed by atoms with Crippen LogP contribution in [0, 0.1) is 0 Å². The first kappa shape index (κ1) is 10.4. The molecule has 0 bridgehead atoms. The smallest absolute Gasteiger partial charge is 0.337 e. The van der Waals surface area contributed by atoms with Crippen molar-refractivity contribution in [2.45, 2.75) is 6.92 Å². The quantitative estimate of drug-likeness (QED) is 0.857. The van der Waals surface area contributed by atoms with Crippen LogP contribution in [0.25, 0.3) is 10.9 Å². The van der Waals surface area contributed by atoms with Gasteiger partial charge in [-0.1, -0.05) is 0 Å². The summed E-state index contributed by atoms with van der Waals surface area (Å²) in [5, 5.41) is 9.61. The first-order valence-electron chi connectivity index (χ1n) is 4.96. The molecule has 0 fully saturated rings. The molecule has 0 aliphatic carbocycles. The zero-order valence-electron chi connectivity index (χ0n) is 8.80. The second-order valence-electron chi connectivity index (χ2n) is 3.32. The summed E-state index contributed by atoms with van der Waals surface area (Å²) in [6, 6.07) is 7.00. The molecule has 1 N–H and O–H groups in total. The molecule has 2 aromatic rings. The lowest BCUT2D eigenvalue weighted by Gasteiger charge is -2.04. The number of aromatic nitrogens is 1. The van der Waals surface area contributed by atoms with E-state index in [2.05, 4.69) is 4.98 Å². The van der Waals surface area contributed by atoms with Gasteiger partial charge in [-0.3, -0.25) is 4.98 Å². The zero-order chi connectivity index (χ0) is 11.5. The molecule has 1 aromatic heterocycles. The van der Waals surface area contributed by atoms with E-state index in [9.17, 15) is 4.79 Å². The molecule has 82 valence electrons. The lowest BCUT2D eigenvalue weighted by Crippen LogP contribution is -1.97. The molecule has 0 radical (unpaired) electrons. The van der Waals surface area contributed by atoms with Crippen LogP contribution in [0.1, 0.15) is 17.3 Å². The molecule has 4 nitrogen and oxygen atoms in total. The Morgan fingerprint density at radius 3 is 2.94 bits per heavy atom. The van der Waals surface area contributed by atoms with Crippen molar-refractivity contribution in [1.29, 1.82) is 0 Å². The number of aromatic carboxylic acids is 1. The minimum atomic E-state index is -0.969. The van der Waals surface area contributed by atoms with Crippen LogP contribution in [0.3, 0.4) is 0 Å². The van der Waals surface area contributed by atoms with E-state index in [4.69, 9.17) is 9.84 Å². The Morgan fingerprint density at radius 1 is 1.44 bits per heavy atom. The van der Waals surface area contributed by atoms with Crippen molar-refractivity contribution in [1.82, 2.24) is 4.98 Å². The SMILES string of the molecule is CCOc1ccc2cc(C(=O)O)cnc2c1. The first-order valence-corrected chi connectivity index (χ1v) is 4.96. The maximum atomic E-state index is 10.7. The third kappa shape index (κ3) is 1.95. The van der Waals surface area contributed by atoms with Crippen molar-refractivity contribution in [2.75, 3.05) is 6.61 Å². The van der Waals surface area contributed by atoms with Gasteiger partial charge in [0.05, 0.1) is 17.7 Å². The summed E-state index contributed by atoms with van der Waals surface area (Å²) in [4.78, 5) is 14.8. The Kier molecular flexibility index (Phi) is 2.72. The number of hydrogen-bond acceptors (Lipinski definition) is 3. The highest BCUT2D eigenvalue weighted by Crippen LogP contribution is 2.20. The van der Waals surface area contributed by atoms with Gasteiger partial charge in [-0.25, -0.2) is 4.79 Å². The fourth-order valence-electron chi connectivity index (χ4n) is 1.47. The number of pyridine rings is 1. The predicted octanol–water partition coefficient (Wildman–Crippen LogP) is 2.33. The molecule has 0 saturated carbocycles. The molecule has 16 heavy (non-hydrogen) atoms. The van der Waals surface area contributed by atoms with Gasteiger partial charge in [0.15, 0.2) is 0 Å². The highest BCUT2D eigenvalue weighted by Gasteiger charge is 2.05. The van der Waals surface area contributed by atoms with Crippen LogP contribution in [-0.2, 0) is 0 Å². The molecule has 0 aliphatic rings. The number of rotatable bonds is 3. The molecule has 0 unspecified atom stereocenters. The maximum Gasteiger partial charge on any atom is 0.337 e. The summed E-state index contributed by atoms with van der Waals surface area (Å²) in [6.45, 7) is 2.50. The largest absolute Gasteiger partial charge is 0.494 e. The van der Waals surface area contributed by atoms with Gasteiger partial charge in [0.25, 0.3) is 0 Å². The van der Waals surface area contributed by atoms with Crippen molar-refractivity contribution >= 4 is 16.9 Å². The van der Waals surface area contributed by atoms with Crippen LogP contribution in [0.2, 0.25) is 0 Å². The third-order valence-corrected chi connectivity index (χ3v) is 2.21. The normalized spacial score (nSPS) is 10.3. The predicted molar refractivity (Wildman–Crippen MR) is 59.9 cm³/mol. The van der Waals surface area contributed by atoms with E-state index in [-0.39, 0.29) is 5.56 Å². The van der Waals surface area contributed by atoms with Gasteiger partial charge in [-0.15, -0.1) is 0 Å². The third-order valence-electron chi connectivity index (χ3n) is 2.21. The highest BCUT2D eigenvalue weighted by atomic mass is 16.5. The van der Waals surface area contributed by atoms with Crippen molar-refractivity contribution < 1.29 is 14.6 Å². The highest BCUT2D eigenvalue weighted by molar-refractivity contribution is 5.92. The summed E-state index contributed by atoms with van der Waals surface area (Å²) in [7, 11) is 0. The molecule has 0 saturated heterocycles. The molecule has 0 spiro atoms. The van der Waals surface area contributed by atoms with E-state index in [0.29, 0.717) is 6.61 Å². The number of carboxylic acids is 1. The average Bonchev–Trinajstić information content (AvgIpc) is 2.28. The van der Waals surface area contributed by atoms with Gasteiger partial charge in [-0.2, -0.15) is 0 Å². The van der Waals surface area contributed by atoms with Crippen LogP contribution in [0.15, 0.2) is 30.5 Å². The van der Waals surface area contributed by atoms with Gasteiger partial charge in [0.1, 0.15) is 5.75 Å². The molecule has 4 heteroatoms. The molecule has 0 aliphatic heterocycles. The fraction of sp³-hybridized carbons (Fsp3) is 0.167. The number of ether oxygens (including phenoxy) is 1. The number of fused-ring (bicyclic) bond motifs is 1.